The molecule has 0 aromatic carbocycles. The summed E-state index contributed by atoms with van der Waals surface area (Å²) in [5.41, 5.74) is -0.594. The normalized spacial score (nSPS) is 18.8. The molecule has 0 aliphatic carbocycles. The molecule has 1 unspecified atom stereocenters. The number of carbonyl (C=O) groups excluding carboxylic acids is 1. The zero-order valence-corrected chi connectivity index (χ0v) is 11.2. The molecule has 108 valence electrons. The maximum Gasteiger partial charge on any atom is 0.316 e. The fraction of sp³-hybridized carbons (Fsp3) is 0.300. The average molecular weight is 300 g/mol. The molecule has 0 saturated carbocycles. The van der Waals surface area contributed by atoms with Crippen LogP contribution >= 0.6 is 0 Å². The zero-order chi connectivity index (χ0) is 14.8. The molecule has 10 heteroatoms. The van der Waals surface area contributed by atoms with E-state index in [1.807, 2.05) is 0 Å². The Morgan fingerprint density at radius 1 is 1.40 bits per heavy atom. The van der Waals surface area contributed by atoms with Gasteiger partial charge in [0, 0.05) is 30.6 Å². The van der Waals surface area contributed by atoms with Crippen molar-refractivity contribution in [2.75, 3.05) is 7.11 Å². The number of ether oxygens (including phenoxy) is 1. The summed E-state index contributed by atoms with van der Waals surface area (Å²) in [5, 5.41) is 4.51. The number of amides is 1. The van der Waals surface area contributed by atoms with Crippen molar-refractivity contribution in [1.82, 2.24) is 20.6 Å². The van der Waals surface area contributed by atoms with Gasteiger partial charge >= 0.3 is 16.1 Å². The second kappa shape index (κ2) is 5.43. The standard InChI is InChI=1S/C10H12N4O5S/c1-19-9-11-3-6(4-12-9)2-7-5-13-10(14-8(7)15)20(16,17)18/h3-5,10,13H,2H2,1H3,(H,14,15)(H,16,17,18). The monoisotopic (exact) mass is 300 g/mol. The summed E-state index contributed by atoms with van der Waals surface area (Å²) in [7, 11) is -2.96. The van der Waals surface area contributed by atoms with E-state index in [9.17, 15) is 13.2 Å². The van der Waals surface area contributed by atoms with Gasteiger partial charge in [0.25, 0.3) is 5.91 Å². The van der Waals surface area contributed by atoms with Gasteiger partial charge in [-0.15, -0.1) is 0 Å². The van der Waals surface area contributed by atoms with Crippen molar-refractivity contribution in [3.05, 3.63) is 29.7 Å². The predicted octanol–water partition coefficient (Wildman–Crippen LogP) is -1.20. The van der Waals surface area contributed by atoms with Gasteiger partial charge in [-0.25, -0.2) is 9.97 Å². The number of nitrogens with one attached hydrogen (secondary N) is 2. The number of nitrogens with zero attached hydrogens (tertiary/aromatic N) is 2. The molecule has 0 spiro atoms. The van der Waals surface area contributed by atoms with E-state index >= 15 is 0 Å². The Morgan fingerprint density at radius 2 is 2.05 bits per heavy atom. The highest BCUT2D eigenvalue weighted by atomic mass is 32.2. The van der Waals surface area contributed by atoms with Gasteiger partial charge in [-0.05, 0) is 5.56 Å². The quantitative estimate of drug-likeness (QED) is 0.591. The highest BCUT2D eigenvalue weighted by molar-refractivity contribution is 7.86. The molecule has 1 aromatic rings. The fourth-order valence-electron chi connectivity index (χ4n) is 1.55. The van der Waals surface area contributed by atoms with Crippen LogP contribution in [0.2, 0.25) is 0 Å². The van der Waals surface area contributed by atoms with E-state index in [0.29, 0.717) is 11.1 Å². The molecule has 2 rings (SSSR count). The van der Waals surface area contributed by atoms with Crippen molar-refractivity contribution < 1.29 is 22.5 Å². The van der Waals surface area contributed by atoms with Gasteiger partial charge in [0.15, 0.2) is 0 Å². The molecule has 1 aromatic heterocycles. The topological polar surface area (TPSA) is 131 Å². The van der Waals surface area contributed by atoms with Gasteiger partial charge in [0.05, 0.1) is 7.11 Å². The van der Waals surface area contributed by atoms with Gasteiger partial charge < -0.3 is 15.4 Å². The lowest BCUT2D eigenvalue weighted by Crippen LogP contribution is -2.52. The van der Waals surface area contributed by atoms with Crippen LogP contribution in [0.1, 0.15) is 5.56 Å². The molecule has 1 atom stereocenters. The van der Waals surface area contributed by atoms with Crippen molar-refractivity contribution in [3.63, 3.8) is 0 Å². The Hall–Kier alpha value is -2.20. The minimum Gasteiger partial charge on any atom is -0.467 e. The molecule has 2 heterocycles. The fourth-order valence-corrected chi connectivity index (χ4v) is 2.04. The molecule has 0 bridgehead atoms. The molecule has 1 aliphatic rings. The maximum atomic E-state index is 11.7. The first-order chi connectivity index (χ1) is 9.40. The Balaban J connectivity index is 2.10. The van der Waals surface area contributed by atoms with E-state index < -0.39 is 21.5 Å². The van der Waals surface area contributed by atoms with E-state index in [4.69, 9.17) is 9.29 Å². The lowest BCUT2D eigenvalue weighted by atomic mass is 10.1. The number of methoxy groups -OCH3 is 1. The Kier molecular flexibility index (Phi) is 3.86. The SMILES string of the molecule is COc1ncc(CC2=CNC(S(=O)(=O)O)NC2=O)cn1. The maximum absolute atomic E-state index is 11.7. The van der Waals surface area contributed by atoms with Gasteiger partial charge in [0.1, 0.15) is 0 Å². The third-order valence-electron chi connectivity index (χ3n) is 2.52. The first-order valence-electron chi connectivity index (χ1n) is 5.47. The minimum atomic E-state index is -4.39. The van der Waals surface area contributed by atoms with E-state index in [0.717, 1.165) is 0 Å². The predicted molar refractivity (Wildman–Crippen MR) is 67.0 cm³/mol. The Bertz CT molecular complexity index is 640. The van der Waals surface area contributed by atoms with Crippen LogP contribution in [0.25, 0.3) is 0 Å². The second-order valence-electron chi connectivity index (χ2n) is 3.96. The van der Waals surface area contributed by atoms with Gasteiger partial charge in [0.2, 0.25) is 5.50 Å². The summed E-state index contributed by atoms with van der Waals surface area (Å²) in [6.45, 7) is 0. The molecule has 0 radical (unpaired) electrons. The summed E-state index contributed by atoms with van der Waals surface area (Å²) in [6, 6.07) is 0.209. The summed E-state index contributed by atoms with van der Waals surface area (Å²) in [5.74, 6) is -0.595. The lowest BCUT2D eigenvalue weighted by Gasteiger charge is -2.22. The lowest BCUT2D eigenvalue weighted by molar-refractivity contribution is -0.118. The second-order valence-corrected chi connectivity index (χ2v) is 5.46. The van der Waals surface area contributed by atoms with Crippen LogP contribution in [0, 0.1) is 0 Å². The van der Waals surface area contributed by atoms with Gasteiger partial charge in [-0.3, -0.25) is 9.35 Å². The number of hydrogen-bond donors (Lipinski definition) is 3. The van der Waals surface area contributed by atoms with E-state index in [1.54, 1.807) is 0 Å². The van der Waals surface area contributed by atoms with Crippen LogP contribution in [0.3, 0.4) is 0 Å². The first-order valence-corrected chi connectivity index (χ1v) is 6.97. The van der Waals surface area contributed by atoms with E-state index in [2.05, 4.69) is 20.6 Å². The molecule has 1 aliphatic heterocycles. The van der Waals surface area contributed by atoms with Crippen LogP contribution in [0.4, 0.5) is 0 Å². The highest BCUT2D eigenvalue weighted by Crippen LogP contribution is 2.11. The van der Waals surface area contributed by atoms with Crippen LogP contribution in [0.5, 0.6) is 6.01 Å². The van der Waals surface area contributed by atoms with E-state index in [-0.39, 0.29) is 12.4 Å². The highest BCUT2D eigenvalue weighted by Gasteiger charge is 2.29. The van der Waals surface area contributed by atoms with Crippen LogP contribution in [0.15, 0.2) is 24.2 Å². The van der Waals surface area contributed by atoms with Crippen LogP contribution in [-0.4, -0.2) is 41.5 Å². The van der Waals surface area contributed by atoms with Crippen molar-refractivity contribution in [3.8, 4) is 6.01 Å². The number of rotatable bonds is 4. The molecule has 9 nitrogen and oxygen atoms in total. The van der Waals surface area contributed by atoms with Gasteiger partial charge in [-0.2, -0.15) is 8.42 Å². The summed E-state index contributed by atoms with van der Waals surface area (Å²) < 4.78 is 35.4. The third-order valence-corrected chi connectivity index (χ3v) is 3.37. The number of hydrogen-bond acceptors (Lipinski definition) is 7. The van der Waals surface area contributed by atoms with Crippen molar-refractivity contribution in [2.24, 2.45) is 0 Å². The molecular weight excluding hydrogens is 288 g/mol. The Morgan fingerprint density at radius 3 is 2.55 bits per heavy atom. The molecular formula is C10H12N4O5S. The minimum absolute atomic E-state index is 0.209. The van der Waals surface area contributed by atoms with Crippen LogP contribution < -0.4 is 15.4 Å². The summed E-state index contributed by atoms with van der Waals surface area (Å²) >= 11 is 0. The van der Waals surface area contributed by atoms with E-state index in [1.165, 1.54) is 25.7 Å². The molecule has 1 amide bonds. The molecule has 0 fully saturated rings. The largest absolute Gasteiger partial charge is 0.467 e. The van der Waals surface area contributed by atoms with Crippen molar-refractivity contribution in [2.45, 2.75) is 11.9 Å². The zero-order valence-electron chi connectivity index (χ0n) is 10.4. The smallest absolute Gasteiger partial charge is 0.316 e. The van der Waals surface area contributed by atoms with Crippen molar-refractivity contribution in [1.29, 1.82) is 0 Å². The number of aromatic nitrogens is 2. The average Bonchev–Trinajstić information content (AvgIpc) is 2.41. The third kappa shape index (κ3) is 3.22. The van der Waals surface area contributed by atoms with Gasteiger partial charge in [-0.1, -0.05) is 0 Å². The number of carbonyl (C=O) groups is 1. The molecule has 0 saturated heterocycles. The Labute approximate surface area is 114 Å². The first kappa shape index (κ1) is 14.2. The molecule has 3 N–H and O–H groups in total. The molecule has 20 heavy (non-hydrogen) atoms. The van der Waals surface area contributed by atoms with Crippen LogP contribution in [-0.2, 0) is 21.3 Å². The summed E-state index contributed by atoms with van der Waals surface area (Å²) in [6.07, 6.45) is 4.44. The van der Waals surface area contributed by atoms with Crippen molar-refractivity contribution >= 4 is 16.0 Å². The summed E-state index contributed by atoms with van der Waals surface area (Å²) in [4.78, 5) is 19.5.